The van der Waals surface area contributed by atoms with Crippen molar-refractivity contribution in [3.05, 3.63) is 146 Å². The Bertz CT molecular complexity index is 2150. The number of nitrogens with zero attached hydrogens (tertiary/aromatic N) is 4. The van der Waals surface area contributed by atoms with Crippen molar-refractivity contribution >= 4 is 34.3 Å². The molecule has 6 heteroatoms. The van der Waals surface area contributed by atoms with Crippen molar-refractivity contribution < 1.29 is 25.8 Å². The van der Waals surface area contributed by atoms with Crippen LogP contribution >= 0.6 is 0 Å². The Morgan fingerprint density at radius 2 is 1.33 bits per heavy atom. The Labute approximate surface area is 304 Å². The van der Waals surface area contributed by atoms with Crippen molar-refractivity contribution in [3.8, 4) is 33.8 Å². The Kier molecular flexibility index (Phi) is 8.58. The van der Waals surface area contributed by atoms with Crippen molar-refractivity contribution in [1.29, 1.82) is 0 Å². The van der Waals surface area contributed by atoms with Gasteiger partial charge in [0.05, 0.1) is 5.69 Å². The molecule has 0 unspecified atom stereocenters. The van der Waals surface area contributed by atoms with Crippen LogP contribution in [0.5, 0.6) is 11.5 Å². The predicted molar refractivity (Wildman–Crippen MR) is 197 cm³/mol. The molecule has 0 bridgehead atoms. The Balaban J connectivity index is 0.00000378. The summed E-state index contributed by atoms with van der Waals surface area (Å²) in [5.74, 6) is 2.06. The van der Waals surface area contributed by atoms with Gasteiger partial charge in [0.1, 0.15) is 5.82 Å². The van der Waals surface area contributed by atoms with Gasteiger partial charge in [-0.2, -0.15) is 18.8 Å². The van der Waals surface area contributed by atoms with Crippen LogP contribution < -0.4 is 19.4 Å². The molecule has 2 aliphatic rings. The molecule has 6 aromatic rings. The number of ether oxygens (including phenoxy) is 1. The van der Waals surface area contributed by atoms with Crippen LogP contribution in [0.4, 0.5) is 34.3 Å². The van der Waals surface area contributed by atoms with Gasteiger partial charge in [-0.3, -0.25) is 0 Å². The largest absolute Gasteiger partial charge is 0.509 e. The van der Waals surface area contributed by atoms with Gasteiger partial charge in [-0.05, 0) is 66.8 Å². The molecule has 0 radical (unpaired) electrons. The third-order valence-corrected chi connectivity index (χ3v) is 9.06. The number of hydrogen-bond acceptors (Lipinski definition) is 5. The number of aromatic nitrogens is 1. The van der Waals surface area contributed by atoms with Crippen LogP contribution in [-0.2, 0) is 26.5 Å². The number of hydrogen-bond donors (Lipinski definition) is 0. The summed E-state index contributed by atoms with van der Waals surface area (Å²) in [5, 5.41) is 0. The topological polar surface area (TPSA) is 31.8 Å². The van der Waals surface area contributed by atoms with Crippen LogP contribution in [0.15, 0.2) is 121 Å². The molecule has 0 atom stereocenters. The van der Waals surface area contributed by atoms with E-state index in [1.165, 1.54) is 16.8 Å². The minimum absolute atomic E-state index is 0. The first-order valence-corrected chi connectivity index (χ1v) is 16.5. The van der Waals surface area contributed by atoms with E-state index >= 15 is 0 Å². The zero-order valence-electron chi connectivity index (χ0n) is 28.2. The van der Waals surface area contributed by atoms with E-state index in [0.717, 1.165) is 45.3 Å². The number of para-hydroxylation sites is 3. The van der Waals surface area contributed by atoms with Gasteiger partial charge < -0.3 is 19.4 Å². The van der Waals surface area contributed by atoms with Crippen LogP contribution in [0.2, 0.25) is 0 Å². The molecule has 0 saturated carbocycles. The minimum Gasteiger partial charge on any atom is -0.509 e. The third kappa shape index (κ3) is 5.91. The van der Waals surface area contributed by atoms with Crippen LogP contribution in [0, 0.1) is 18.8 Å². The molecule has 0 spiro atoms. The monoisotopic (exact) mass is 820 g/mol. The Morgan fingerprint density at radius 3 is 2.06 bits per heavy atom. The average molecular weight is 821 g/mol. The summed E-state index contributed by atoms with van der Waals surface area (Å²) < 4.78 is 6.57. The maximum atomic E-state index is 6.57. The van der Waals surface area contributed by atoms with E-state index in [9.17, 15) is 0 Å². The fourth-order valence-electron chi connectivity index (χ4n) is 6.62. The first kappa shape index (κ1) is 32.7. The average Bonchev–Trinajstić information content (AvgIpc) is 3.44. The van der Waals surface area contributed by atoms with Gasteiger partial charge in [0.25, 0.3) is 0 Å². The summed E-state index contributed by atoms with van der Waals surface area (Å²) in [7, 11) is 0. The van der Waals surface area contributed by atoms with Crippen molar-refractivity contribution in [2.75, 3.05) is 14.7 Å². The van der Waals surface area contributed by atoms with Crippen molar-refractivity contribution in [2.24, 2.45) is 0 Å². The zero-order valence-corrected chi connectivity index (χ0v) is 30.5. The molecule has 49 heavy (non-hydrogen) atoms. The van der Waals surface area contributed by atoms with E-state index in [1.807, 2.05) is 24.4 Å². The number of anilines is 6. The van der Waals surface area contributed by atoms with Crippen LogP contribution in [0.25, 0.3) is 22.3 Å². The van der Waals surface area contributed by atoms with E-state index in [0.29, 0.717) is 17.5 Å². The zero-order chi connectivity index (χ0) is 33.0. The van der Waals surface area contributed by atoms with Crippen LogP contribution in [0.1, 0.15) is 40.2 Å². The van der Waals surface area contributed by atoms with Gasteiger partial charge in [-0.1, -0.05) is 86.6 Å². The molecular weight excluding hydrogens is 784 g/mol. The SMILES string of the molecule is CC(C)N1[CH-]N(c2[c-]c(Oc3[c-]c4c(cc3)-c3ccccc3-c3ccccc3N4c3cc(C(C)(C)C)ccn3)ccc2)c2ccccc21.[Pt]. The second-order valence-electron chi connectivity index (χ2n) is 13.6. The second kappa shape index (κ2) is 12.9. The van der Waals surface area contributed by atoms with Crippen molar-refractivity contribution in [1.82, 2.24) is 4.98 Å². The van der Waals surface area contributed by atoms with Crippen molar-refractivity contribution in [3.63, 3.8) is 0 Å². The van der Waals surface area contributed by atoms with E-state index in [2.05, 4.69) is 165 Å². The molecule has 0 N–H and O–H groups in total. The van der Waals surface area contributed by atoms with E-state index < -0.39 is 0 Å². The molecule has 0 saturated heterocycles. The fraction of sp³-hybridized carbons (Fsp3) is 0.163. The molecule has 0 fully saturated rings. The molecule has 1 aromatic heterocycles. The van der Waals surface area contributed by atoms with Gasteiger partial charge in [0, 0.05) is 55.7 Å². The normalized spacial score (nSPS) is 13.2. The number of fused-ring (bicyclic) bond motifs is 6. The van der Waals surface area contributed by atoms with Crippen molar-refractivity contribution in [2.45, 2.75) is 46.1 Å². The molecule has 2 aliphatic heterocycles. The predicted octanol–water partition coefficient (Wildman–Crippen LogP) is 11.4. The Morgan fingerprint density at radius 1 is 0.673 bits per heavy atom. The molecule has 8 rings (SSSR count). The molecular formula is C43H37N4OPt-3. The van der Waals surface area contributed by atoms with Crippen LogP contribution in [0.3, 0.4) is 0 Å². The van der Waals surface area contributed by atoms with Gasteiger partial charge in [-0.25, -0.2) is 4.98 Å². The smallest absolute Gasteiger partial charge is 0.135 e. The number of rotatable bonds is 5. The van der Waals surface area contributed by atoms with Gasteiger partial charge >= 0.3 is 0 Å². The summed E-state index contributed by atoms with van der Waals surface area (Å²) in [4.78, 5) is 11.6. The van der Waals surface area contributed by atoms with Gasteiger partial charge in [0.15, 0.2) is 0 Å². The molecule has 5 aromatic carbocycles. The Hall–Kier alpha value is -4.86. The number of benzene rings is 5. The first-order chi connectivity index (χ1) is 23.3. The first-order valence-electron chi connectivity index (χ1n) is 16.5. The van der Waals surface area contributed by atoms with E-state index in [-0.39, 0.29) is 26.5 Å². The summed E-state index contributed by atoms with van der Waals surface area (Å²) >= 11 is 0. The van der Waals surface area contributed by atoms with Gasteiger partial charge in [0.2, 0.25) is 0 Å². The second-order valence-corrected chi connectivity index (χ2v) is 13.6. The van der Waals surface area contributed by atoms with Gasteiger partial charge in [-0.15, -0.1) is 41.6 Å². The van der Waals surface area contributed by atoms with E-state index in [4.69, 9.17) is 9.72 Å². The third-order valence-electron chi connectivity index (χ3n) is 9.06. The summed E-state index contributed by atoms with van der Waals surface area (Å²) in [6.45, 7) is 13.2. The molecule has 248 valence electrons. The summed E-state index contributed by atoms with van der Waals surface area (Å²) in [6.07, 6.45) is 1.91. The molecule has 5 nitrogen and oxygen atoms in total. The van der Waals surface area contributed by atoms with Crippen LogP contribution in [-0.4, -0.2) is 11.0 Å². The van der Waals surface area contributed by atoms with E-state index in [1.54, 1.807) is 0 Å². The maximum Gasteiger partial charge on any atom is 0.135 e. The molecule has 0 aliphatic carbocycles. The maximum absolute atomic E-state index is 6.57. The fourth-order valence-corrected chi connectivity index (χ4v) is 6.62. The standard InChI is InChI=1S/C43H37N4O.Pt/c1-29(2)45-28-46(40-20-11-10-19-39(40)45)31-13-12-14-32(26-31)48-33-21-22-37-35-16-7-6-15-34(35)36-17-8-9-18-38(36)47(41(37)27-33)42-25-30(23-24-44-42)43(3,4)5;/h6-25,28-29H,1-5H3;/q-3;. The molecule has 3 heterocycles. The summed E-state index contributed by atoms with van der Waals surface area (Å²) in [5.41, 5.74) is 10.8. The minimum atomic E-state index is -0.0378. The number of pyridine rings is 1. The quantitative estimate of drug-likeness (QED) is 0.162. The molecule has 0 amide bonds. The summed E-state index contributed by atoms with van der Waals surface area (Å²) in [6, 6.07) is 47.6.